The molecule has 0 fully saturated rings. The molecule has 0 radical (unpaired) electrons. The highest BCUT2D eigenvalue weighted by atomic mass is 19.2. The Morgan fingerprint density at radius 1 is 1.41 bits per heavy atom. The fourth-order valence-corrected chi connectivity index (χ4v) is 1.31. The Morgan fingerprint density at radius 2 is 2.18 bits per heavy atom. The predicted molar refractivity (Wildman–Crippen MR) is 61.0 cm³/mol. The smallest absolute Gasteiger partial charge is 0.200 e. The second kappa shape index (κ2) is 7.19. The van der Waals surface area contributed by atoms with Crippen molar-refractivity contribution in [1.29, 1.82) is 0 Å². The molecule has 0 aromatic heterocycles. The Kier molecular flexibility index (Phi) is 5.86. The lowest BCUT2D eigenvalue weighted by atomic mass is 10.3. The zero-order valence-electron chi connectivity index (χ0n) is 9.75. The third-order valence-electron chi connectivity index (χ3n) is 2.26. The average molecular weight is 245 g/mol. The molecule has 0 aliphatic rings. The van der Waals surface area contributed by atoms with Crippen LogP contribution in [0.3, 0.4) is 0 Å². The summed E-state index contributed by atoms with van der Waals surface area (Å²) in [4.78, 5) is 0. The third kappa shape index (κ3) is 4.28. The molecule has 96 valence electrons. The summed E-state index contributed by atoms with van der Waals surface area (Å²) in [6.07, 6.45) is 0.921. The standard InChI is InChI=1S/C12H17F2NO2/c1-2-6-15-9(7-16)8-17-11-5-3-4-10(13)12(11)14/h3-5,9,15-16H,2,6-8H2,1H3. The summed E-state index contributed by atoms with van der Waals surface area (Å²) >= 11 is 0. The first-order valence-corrected chi connectivity index (χ1v) is 5.60. The maximum atomic E-state index is 13.2. The van der Waals surface area contributed by atoms with E-state index in [4.69, 9.17) is 9.84 Å². The number of halogens is 2. The molecule has 1 unspecified atom stereocenters. The maximum Gasteiger partial charge on any atom is 0.200 e. The van der Waals surface area contributed by atoms with Gasteiger partial charge >= 0.3 is 0 Å². The van der Waals surface area contributed by atoms with Crippen LogP contribution in [0.25, 0.3) is 0 Å². The van der Waals surface area contributed by atoms with Gasteiger partial charge in [0.2, 0.25) is 5.82 Å². The normalized spacial score (nSPS) is 12.5. The monoisotopic (exact) mass is 245 g/mol. The topological polar surface area (TPSA) is 41.5 Å². The molecular weight excluding hydrogens is 228 g/mol. The van der Waals surface area contributed by atoms with Gasteiger partial charge in [0.25, 0.3) is 0 Å². The van der Waals surface area contributed by atoms with E-state index in [1.807, 2.05) is 6.92 Å². The Balaban J connectivity index is 2.50. The van der Waals surface area contributed by atoms with E-state index in [0.29, 0.717) is 0 Å². The molecule has 0 saturated heterocycles. The number of ether oxygens (including phenoxy) is 1. The summed E-state index contributed by atoms with van der Waals surface area (Å²) in [6, 6.07) is 3.48. The predicted octanol–water partition coefficient (Wildman–Crippen LogP) is 1.70. The molecule has 0 aliphatic carbocycles. The average Bonchev–Trinajstić information content (AvgIpc) is 2.34. The van der Waals surface area contributed by atoms with Gasteiger partial charge in [0, 0.05) is 0 Å². The molecule has 0 amide bonds. The van der Waals surface area contributed by atoms with E-state index in [1.165, 1.54) is 12.1 Å². The third-order valence-corrected chi connectivity index (χ3v) is 2.26. The first-order chi connectivity index (χ1) is 8.19. The first-order valence-electron chi connectivity index (χ1n) is 5.60. The van der Waals surface area contributed by atoms with Gasteiger partial charge in [0.15, 0.2) is 11.6 Å². The van der Waals surface area contributed by atoms with E-state index in [-0.39, 0.29) is 25.0 Å². The minimum atomic E-state index is -1.00. The van der Waals surface area contributed by atoms with Crippen LogP contribution in [0.5, 0.6) is 5.75 Å². The van der Waals surface area contributed by atoms with Crippen LogP contribution in [0.4, 0.5) is 8.78 Å². The molecular formula is C12H17F2NO2. The summed E-state index contributed by atoms with van der Waals surface area (Å²) in [6.45, 7) is 2.71. The largest absolute Gasteiger partial charge is 0.489 e. The Bertz CT molecular complexity index is 347. The molecule has 5 heteroatoms. The quantitative estimate of drug-likeness (QED) is 0.768. The van der Waals surface area contributed by atoms with Crippen molar-refractivity contribution in [1.82, 2.24) is 5.32 Å². The van der Waals surface area contributed by atoms with Crippen molar-refractivity contribution in [2.45, 2.75) is 19.4 Å². The Labute approximate surface area is 99.4 Å². The number of aliphatic hydroxyl groups excluding tert-OH is 1. The van der Waals surface area contributed by atoms with Crippen LogP contribution in [0.2, 0.25) is 0 Å². The van der Waals surface area contributed by atoms with E-state index in [1.54, 1.807) is 0 Å². The first kappa shape index (κ1) is 13.9. The van der Waals surface area contributed by atoms with Crippen molar-refractivity contribution in [3.63, 3.8) is 0 Å². The Hall–Kier alpha value is -1.20. The Morgan fingerprint density at radius 3 is 2.82 bits per heavy atom. The van der Waals surface area contributed by atoms with Crippen molar-refractivity contribution in [2.24, 2.45) is 0 Å². The van der Waals surface area contributed by atoms with Crippen LogP contribution in [-0.2, 0) is 0 Å². The van der Waals surface area contributed by atoms with Gasteiger partial charge in [-0.05, 0) is 25.1 Å². The van der Waals surface area contributed by atoms with E-state index in [0.717, 1.165) is 19.0 Å². The molecule has 0 bridgehead atoms. The SMILES string of the molecule is CCCNC(CO)COc1cccc(F)c1F. The number of hydrogen-bond acceptors (Lipinski definition) is 3. The molecule has 0 saturated carbocycles. The van der Waals surface area contributed by atoms with Gasteiger partial charge < -0.3 is 15.2 Å². The zero-order chi connectivity index (χ0) is 12.7. The number of aliphatic hydroxyl groups is 1. The zero-order valence-corrected chi connectivity index (χ0v) is 9.75. The molecule has 17 heavy (non-hydrogen) atoms. The van der Waals surface area contributed by atoms with E-state index in [9.17, 15) is 8.78 Å². The second-order valence-electron chi connectivity index (χ2n) is 3.70. The van der Waals surface area contributed by atoms with Gasteiger partial charge in [0.05, 0.1) is 12.6 Å². The molecule has 3 nitrogen and oxygen atoms in total. The lowest BCUT2D eigenvalue weighted by Crippen LogP contribution is -2.38. The van der Waals surface area contributed by atoms with Crippen molar-refractivity contribution >= 4 is 0 Å². The van der Waals surface area contributed by atoms with Crippen LogP contribution >= 0.6 is 0 Å². The van der Waals surface area contributed by atoms with E-state index < -0.39 is 11.6 Å². The highest BCUT2D eigenvalue weighted by molar-refractivity contribution is 5.25. The summed E-state index contributed by atoms with van der Waals surface area (Å²) in [5.41, 5.74) is 0. The van der Waals surface area contributed by atoms with Gasteiger partial charge in [-0.15, -0.1) is 0 Å². The number of nitrogens with one attached hydrogen (secondary N) is 1. The van der Waals surface area contributed by atoms with Crippen molar-refractivity contribution < 1.29 is 18.6 Å². The van der Waals surface area contributed by atoms with Crippen LogP contribution in [-0.4, -0.2) is 30.9 Å². The van der Waals surface area contributed by atoms with Gasteiger partial charge in [-0.3, -0.25) is 0 Å². The number of benzene rings is 1. The van der Waals surface area contributed by atoms with Crippen molar-refractivity contribution in [2.75, 3.05) is 19.8 Å². The van der Waals surface area contributed by atoms with Crippen molar-refractivity contribution in [3.05, 3.63) is 29.8 Å². The van der Waals surface area contributed by atoms with E-state index >= 15 is 0 Å². The fraction of sp³-hybridized carbons (Fsp3) is 0.500. The summed E-state index contributed by atoms with van der Waals surface area (Å²) < 4.78 is 31.2. The van der Waals surface area contributed by atoms with Crippen LogP contribution in [0, 0.1) is 11.6 Å². The van der Waals surface area contributed by atoms with Crippen LogP contribution < -0.4 is 10.1 Å². The van der Waals surface area contributed by atoms with Gasteiger partial charge in [0.1, 0.15) is 6.61 Å². The van der Waals surface area contributed by atoms with Gasteiger partial charge in [-0.25, -0.2) is 4.39 Å². The number of rotatable bonds is 7. The lowest BCUT2D eigenvalue weighted by molar-refractivity contribution is 0.179. The minimum absolute atomic E-state index is 0.0941. The molecule has 1 aromatic carbocycles. The van der Waals surface area contributed by atoms with Gasteiger partial charge in [-0.1, -0.05) is 13.0 Å². The molecule has 2 N–H and O–H groups in total. The highest BCUT2D eigenvalue weighted by Gasteiger charge is 2.11. The summed E-state index contributed by atoms with van der Waals surface area (Å²) in [5, 5.41) is 12.1. The number of hydrogen-bond donors (Lipinski definition) is 2. The lowest BCUT2D eigenvalue weighted by Gasteiger charge is -2.16. The van der Waals surface area contributed by atoms with Crippen LogP contribution in [0.1, 0.15) is 13.3 Å². The molecule has 1 aromatic rings. The minimum Gasteiger partial charge on any atom is -0.489 e. The summed E-state index contributed by atoms with van der Waals surface area (Å²) in [7, 11) is 0. The second-order valence-corrected chi connectivity index (χ2v) is 3.70. The van der Waals surface area contributed by atoms with Gasteiger partial charge in [-0.2, -0.15) is 4.39 Å². The van der Waals surface area contributed by atoms with E-state index in [2.05, 4.69) is 5.32 Å². The molecule has 0 aliphatic heterocycles. The fourth-order valence-electron chi connectivity index (χ4n) is 1.31. The molecule has 0 heterocycles. The van der Waals surface area contributed by atoms with Crippen molar-refractivity contribution in [3.8, 4) is 5.75 Å². The molecule has 1 rings (SSSR count). The van der Waals surface area contributed by atoms with Crippen LogP contribution in [0.15, 0.2) is 18.2 Å². The molecule has 1 atom stereocenters. The highest BCUT2D eigenvalue weighted by Crippen LogP contribution is 2.19. The maximum absolute atomic E-state index is 13.2. The molecule has 0 spiro atoms. The summed E-state index contributed by atoms with van der Waals surface area (Å²) in [5.74, 6) is -2.08.